The smallest absolute Gasteiger partial charge is 0.193 e. The van der Waals surface area contributed by atoms with Crippen molar-refractivity contribution < 1.29 is 4.74 Å². The Kier molecular flexibility index (Phi) is 5.17. The Morgan fingerprint density at radius 1 is 1.15 bits per heavy atom. The summed E-state index contributed by atoms with van der Waals surface area (Å²) in [5.41, 5.74) is 10.9. The van der Waals surface area contributed by atoms with Gasteiger partial charge in [-0.25, -0.2) is 9.67 Å². The highest BCUT2D eigenvalue weighted by Gasteiger charge is 2.04. The zero-order chi connectivity index (χ0) is 18.5. The van der Waals surface area contributed by atoms with Crippen LogP contribution in [0.15, 0.2) is 53.7 Å². The lowest BCUT2D eigenvalue weighted by molar-refractivity contribution is 0.414. The number of ether oxygens (including phenoxy) is 1. The van der Waals surface area contributed by atoms with E-state index in [9.17, 15) is 0 Å². The maximum absolute atomic E-state index is 5.96. The van der Waals surface area contributed by atoms with Gasteiger partial charge in [0, 0.05) is 5.69 Å². The molecule has 0 fully saturated rings. The van der Waals surface area contributed by atoms with E-state index in [1.807, 2.05) is 48.7 Å². The molecular weight excluding hydrogens is 328 g/mol. The van der Waals surface area contributed by atoms with Gasteiger partial charge in [-0.05, 0) is 61.4 Å². The summed E-state index contributed by atoms with van der Waals surface area (Å²) in [7, 11) is 1.64. The van der Waals surface area contributed by atoms with Crippen LogP contribution in [0.1, 0.15) is 16.8 Å². The predicted octanol–water partition coefficient (Wildman–Crippen LogP) is 2.82. The second-order valence-electron chi connectivity index (χ2n) is 5.98. The first kappa shape index (κ1) is 17.5. The fourth-order valence-electron chi connectivity index (χ4n) is 2.40. The van der Waals surface area contributed by atoms with Gasteiger partial charge in [-0.1, -0.05) is 11.3 Å². The lowest BCUT2D eigenvalue weighted by Crippen LogP contribution is -2.22. The molecule has 0 saturated carbocycles. The van der Waals surface area contributed by atoms with E-state index >= 15 is 0 Å². The van der Waals surface area contributed by atoms with Gasteiger partial charge in [0.25, 0.3) is 0 Å². The normalized spacial score (nSPS) is 11.4. The van der Waals surface area contributed by atoms with Crippen LogP contribution in [0, 0.1) is 13.8 Å². The van der Waals surface area contributed by atoms with Crippen molar-refractivity contribution in [1.29, 1.82) is 0 Å². The number of hydrogen-bond acceptors (Lipinski definition) is 4. The van der Waals surface area contributed by atoms with Crippen LogP contribution in [0.3, 0.4) is 0 Å². The summed E-state index contributed by atoms with van der Waals surface area (Å²) < 4.78 is 6.85. The van der Waals surface area contributed by atoms with Crippen LogP contribution < -0.4 is 15.8 Å². The molecular formula is C19H22N6O. The molecule has 0 aliphatic carbocycles. The molecule has 0 radical (unpaired) electrons. The number of anilines is 1. The standard InChI is InChI=1S/C19H22N6O/c1-13-4-5-15(10-14(13)2)22-19(20)21-11-16-12-25(24-23-16)17-6-8-18(26-3)9-7-17/h4-10,12H,11H2,1-3H3,(H3,20,21,22). The van der Waals surface area contributed by atoms with Crippen molar-refractivity contribution in [2.45, 2.75) is 20.4 Å². The fraction of sp³-hybridized carbons (Fsp3) is 0.211. The molecule has 0 saturated heterocycles. The highest BCUT2D eigenvalue weighted by molar-refractivity contribution is 5.92. The van der Waals surface area contributed by atoms with Gasteiger partial charge in [-0.2, -0.15) is 0 Å². The van der Waals surface area contributed by atoms with Crippen molar-refractivity contribution in [3.8, 4) is 11.4 Å². The van der Waals surface area contributed by atoms with Crippen LogP contribution in [-0.2, 0) is 6.54 Å². The maximum atomic E-state index is 5.96. The van der Waals surface area contributed by atoms with Crippen molar-refractivity contribution >= 4 is 11.6 Å². The zero-order valence-electron chi connectivity index (χ0n) is 15.1. The SMILES string of the molecule is COc1ccc(-n2cc(CN=C(N)Nc3ccc(C)c(C)c3)nn2)cc1. The number of guanidine groups is 1. The molecule has 134 valence electrons. The Hall–Kier alpha value is -3.35. The van der Waals surface area contributed by atoms with E-state index in [0.29, 0.717) is 12.5 Å². The molecule has 1 aromatic heterocycles. The van der Waals surface area contributed by atoms with E-state index < -0.39 is 0 Å². The number of methoxy groups -OCH3 is 1. The van der Waals surface area contributed by atoms with Gasteiger partial charge in [0.2, 0.25) is 0 Å². The lowest BCUT2D eigenvalue weighted by Gasteiger charge is -2.07. The van der Waals surface area contributed by atoms with Crippen LogP contribution >= 0.6 is 0 Å². The molecule has 0 bridgehead atoms. The maximum Gasteiger partial charge on any atom is 0.193 e. The topological polar surface area (TPSA) is 90.3 Å². The minimum atomic E-state index is 0.340. The molecule has 7 heteroatoms. The summed E-state index contributed by atoms with van der Waals surface area (Å²) in [6, 6.07) is 13.6. The van der Waals surface area contributed by atoms with E-state index in [1.165, 1.54) is 11.1 Å². The first-order valence-corrected chi connectivity index (χ1v) is 8.25. The molecule has 0 unspecified atom stereocenters. The van der Waals surface area contributed by atoms with Crippen molar-refractivity contribution in [1.82, 2.24) is 15.0 Å². The Balaban J connectivity index is 1.64. The molecule has 26 heavy (non-hydrogen) atoms. The molecule has 7 nitrogen and oxygen atoms in total. The Morgan fingerprint density at radius 2 is 1.92 bits per heavy atom. The number of nitrogens with two attached hydrogens (primary N) is 1. The number of nitrogens with one attached hydrogen (secondary N) is 1. The highest BCUT2D eigenvalue weighted by atomic mass is 16.5. The fourth-order valence-corrected chi connectivity index (χ4v) is 2.40. The molecule has 0 aliphatic rings. The van der Waals surface area contributed by atoms with Crippen LogP contribution in [0.2, 0.25) is 0 Å². The minimum Gasteiger partial charge on any atom is -0.497 e. The Labute approximate surface area is 152 Å². The summed E-state index contributed by atoms with van der Waals surface area (Å²) >= 11 is 0. The first-order chi connectivity index (χ1) is 12.5. The molecule has 0 amide bonds. The van der Waals surface area contributed by atoms with E-state index in [2.05, 4.69) is 34.5 Å². The van der Waals surface area contributed by atoms with Crippen molar-refractivity contribution in [3.63, 3.8) is 0 Å². The van der Waals surface area contributed by atoms with E-state index in [1.54, 1.807) is 11.8 Å². The third kappa shape index (κ3) is 4.18. The van der Waals surface area contributed by atoms with Gasteiger partial charge in [0.15, 0.2) is 5.96 Å². The van der Waals surface area contributed by atoms with Crippen LogP contribution in [-0.4, -0.2) is 28.1 Å². The number of aliphatic imine (C=N–C) groups is 1. The van der Waals surface area contributed by atoms with Crippen LogP contribution in [0.25, 0.3) is 5.69 Å². The number of benzene rings is 2. The number of aryl methyl sites for hydroxylation is 2. The van der Waals surface area contributed by atoms with Gasteiger partial charge >= 0.3 is 0 Å². The molecule has 3 rings (SSSR count). The molecule has 2 aromatic carbocycles. The molecule has 0 atom stereocenters. The second kappa shape index (κ2) is 7.69. The largest absolute Gasteiger partial charge is 0.497 e. The highest BCUT2D eigenvalue weighted by Crippen LogP contribution is 2.15. The second-order valence-corrected chi connectivity index (χ2v) is 5.98. The average molecular weight is 350 g/mol. The van der Waals surface area contributed by atoms with Gasteiger partial charge in [0.1, 0.15) is 11.4 Å². The third-order valence-electron chi connectivity index (χ3n) is 4.07. The van der Waals surface area contributed by atoms with E-state index in [0.717, 1.165) is 22.8 Å². The van der Waals surface area contributed by atoms with E-state index in [-0.39, 0.29) is 0 Å². The third-order valence-corrected chi connectivity index (χ3v) is 4.07. The summed E-state index contributed by atoms with van der Waals surface area (Å²) in [6.45, 7) is 4.48. The number of aromatic nitrogens is 3. The average Bonchev–Trinajstić information content (AvgIpc) is 3.12. The van der Waals surface area contributed by atoms with Crippen molar-refractivity contribution in [2.24, 2.45) is 10.7 Å². The monoisotopic (exact) mass is 350 g/mol. The Morgan fingerprint density at radius 3 is 2.62 bits per heavy atom. The van der Waals surface area contributed by atoms with Gasteiger partial charge < -0.3 is 15.8 Å². The number of hydrogen-bond donors (Lipinski definition) is 2. The first-order valence-electron chi connectivity index (χ1n) is 8.25. The van der Waals surface area contributed by atoms with Crippen molar-refractivity contribution in [3.05, 3.63) is 65.5 Å². The zero-order valence-corrected chi connectivity index (χ0v) is 15.1. The molecule has 3 N–H and O–H groups in total. The van der Waals surface area contributed by atoms with Gasteiger partial charge in [0.05, 0.1) is 25.5 Å². The quantitative estimate of drug-likeness (QED) is 0.545. The summed E-state index contributed by atoms with van der Waals surface area (Å²) in [5, 5.41) is 11.3. The minimum absolute atomic E-state index is 0.340. The Bertz CT molecular complexity index is 914. The molecule has 3 aromatic rings. The molecule has 0 aliphatic heterocycles. The summed E-state index contributed by atoms with van der Waals surface area (Å²) in [6.07, 6.45) is 1.83. The van der Waals surface area contributed by atoms with Crippen LogP contribution in [0.4, 0.5) is 5.69 Å². The summed E-state index contributed by atoms with van der Waals surface area (Å²) in [4.78, 5) is 4.32. The molecule has 1 heterocycles. The molecule has 0 spiro atoms. The number of rotatable bonds is 5. The lowest BCUT2D eigenvalue weighted by atomic mass is 10.1. The van der Waals surface area contributed by atoms with Gasteiger partial charge in [-0.3, -0.25) is 0 Å². The van der Waals surface area contributed by atoms with Crippen LogP contribution in [0.5, 0.6) is 5.75 Å². The van der Waals surface area contributed by atoms with Gasteiger partial charge in [-0.15, -0.1) is 5.10 Å². The number of nitrogens with zero attached hydrogens (tertiary/aromatic N) is 4. The van der Waals surface area contributed by atoms with Crippen molar-refractivity contribution in [2.75, 3.05) is 12.4 Å². The predicted molar refractivity (Wildman–Crippen MR) is 103 cm³/mol. The van der Waals surface area contributed by atoms with E-state index in [4.69, 9.17) is 10.5 Å². The summed E-state index contributed by atoms with van der Waals surface area (Å²) in [5.74, 6) is 1.14.